The highest BCUT2D eigenvalue weighted by Gasteiger charge is 2.15. The first-order valence-electron chi connectivity index (χ1n) is 8.92. The smallest absolute Gasteiger partial charge is 0.273 e. The third-order valence-electron chi connectivity index (χ3n) is 3.94. The van der Waals surface area contributed by atoms with E-state index in [1.54, 1.807) is 38.1 Å². The second-order valence-electron chi connectivity index (χ2n) is 6.50. The van der Waals surface area contributed by atoms with Gasteiger partial charge in [-0.25, -0.2) is 5.43 Å². The highest BCUT2D eigenvalue weighted by Crippen LogP contribution is 2.21. The van der Waals surface area contributed by atoms with Crippen LogP contribution in [0.4, 0.5) is 17.1 Å². The van der Waals surface area contributed by atoms with Gasteiger partial charge in [0.1, 0.15) is 0 Å². The quantitative estimate of drug-likeness (QED) is 0.365. The summed E-state index contributed by atoms with van der Waals surface area (Å²) < 4.78 is 0. The Morgan fingerprint density at radius 1 is 1.03 bits per heavy atom. The minimum atomic E-state index is -0.631. The van der Waals surface area contributed by atoms with Gasteiger partial charge in [-0.2, -0.15) is 5.10 Å². The Morgan fingerprint density at radius 3 is 2.27 bits per heavy atom. The standard InChI is InChI=1S/C20H21N5O5/c1-12-8-9-15(11-18(12)25(29)30)20(28)24-23-13(2)10-19(27)22-17-7-5-4-6-16(17)21-14(3)26/h4-9,11H,10H2,1-3H3,(H,21,26)(H,22,27)(H,24,28)/b23-13+. The molecule has 2 aromatic carbocycles. The van der Waals surface area contributed by atoms with E-state index in [-0.39, 0.29) is 23.6 Å². The van der Waals surface area contributed by atoms with Crippen LogP contribution in [0.5, 0.6) is 0 Å². The van der Waals surface area contributed by atoms with Crippen LogP contribution in [0.3, 0.4) is 0 Å². The number of para-hydroxylation sites is 2. The first kappa shape index (κ1) is 22.2. The summed E-state index contributed by atoms with van der Waals surface area (Å²) in [5, 5.41) is 20.2. The van der Waals surface area contributed by atoms with Gasteiger partial charge >= 0.3 is 0 Å². The minimum Gasteiger partial charge on any atom is -0.325 e. The molecule has 156 valence electrons. The highest BCUT2D eigenvalue weighted by molar-refractivity contribution is 6.08. The SMILES string of the molecule is CC(=O)Nc1ccccc1NC(=O)C/C(C)=N/NC(=O)c1ccc(C)c([N+](=O)[O-])c1. The predicted molar refractivity (Wildman–Crippen MR) is 112 cm³/mol. The molecule has 0 saturated carbocycles. The van der Waals surface area contributed by atoms with E-state index in [1.165, 1.54) is 25.1 Å². The van der Waals surface area contributed by atoms with Gasteiger partial charge in [-0.3, -0.25) is 24.5 Å². The van der Waals surface area contributed by atoms with Crippen LogP contribution in [0.15, 0.2) is 47.6 Å². The van der Waals surface area contributed by atoms with Crippen molar-refractivity contribution in [2.75, 3.05) is 10.6 Å². The Kier molecular flexibility index (Phi) is 7.34. The molecular formula is C20H21N5O5. The molecule has 0 fully saturated rings. The average Bonchev–Trinajstić information content (AvgIpc) is 2.67. The molecule has 0 aliphatic carbocycles. The fraction of sp³-hybridized carbons (Fsp3) is 0.200. The third kappa shape index (κ3) is 6.23. The summed E-state index contributed by atoms with van der Waals surface area (Å²) >= 11 is 0. The molecule has 0 aromatic heterocycles. The summed E-state index contributed by atoms with van der Waals surface area (Å²) in [7, 11) is 0. The first-order valence-corrected chi connectivity index (χ1v) is 8.92. The van der Waals surface area contributed by atoms with E-state index in [2.05, 4.69) is 21.2 Å². The Hall–Kier alpha value is -4.08. The van der Waals surface area contributed by atoms with Crippen molar-refractivity contribution in [3.63, 3.8) is 0 Å². The van der Waals surface area contributed by atoms with E-state index in [0.717, 1.165) is 0 Å². The number of aryl methyl sites for hydroxylation is 1. The number of nitrogens with zero attached hydrogens (tertiary/aromatic N) is 2. The summed E-state index contributed by atoms with van der Waals surface area (Å²) in [4.78, 5) is 46.1. The van der Waals surface area contributed by atoms with Crippen LogP contribution in [0.25, 0.3) is 0 Å². The molecule has 0 heterocycles. The lowest BCUT2D eigenvalue weighted by molar-refractivity contribution is -0.385. The molecule has 3 amide bonds. The van der Waals surface area contributed by atoms with Crippen molar-refractivity contribution in [1.82, 2.24) is 5.43 Å². The summed E-state index contributed by atoms with van der Waals surface area (Å²) in [6.07, 6.45) is -0.108. The van der Waals surface area contributed by atoms with Crippen molar-refractivity contribution in [3.8, 4) is 0 Å². The highest BCUT2D eigenvalue weighted by atomic mass is 16.6. The third-order valence-corrected chi connectivity index (χ3v) is 3.94. The van der Waals surface area contributed by atoms with E-state index in [0.29, 0.717) is 22.6 Å². The molecule has 0 bridgehead atoms. The second-order valence-corrected chi connectivity index (χ2v) is 6.50. The number of amides is 3. The summed E-state index contributed by atoms with van der Waals surface area (Å²) in [6, 6.07) is 10.8. The summed E-state index contributed by atoms with van der Waals surface area (Å²) in [6.45, 7) is 4.49. The molecule has 0 radical (unpaired) electrons. The van der Waals surface area contributed by atoms with Gasteiger partial charge in [0.25, 0.3) is 11.6 Å². The number of hydrogen-bond donors (Lipinski definition) is 3. The van der Waals surface area contributed by atoms with Gasteiger partial charge in [0.2, 0.25) is 11.8 Å². The zero-order chi connectivity index (χ0) is 22.3. The van der Waals surface area contributed by atoms with E-state index >= 15 is 0 Å². The molecule has 30 heavy (non-hydrogen) atoms. The Bertz CT molecular complexity index is 1030. The Morgan fingerprint density at radius 2 is 1.67 bits per heavy atom. The van der Waals surface area contributed by atoms with E-state index < -0.39 is 16.7 Å². The van der Waals surface area contributed by atoms with Crippen molar-refractivity contribution in [2.24, 2.45) is 5.10 Å². The fourth-order valence-electron chi connectivity index (χ4n) is 2.52. The van der Waals surface area contributed by atoms with Gasteiger partial charge in [-0.1, -0.05) is 18.2 Å². The maximum Gasteiger partial charge on any atom is 0.273 e. The van der Waals surface area contributed by atoms with Crippen LogP contribution in [-0.2, 0) is 9.59 Å². The summed E-state index contributed by atoms with van der Waals surface area (Å²) in [5.74, 6) is -1.29. The number of benzene rings is 2. The van der Waals surface area contributed by atoms with E-state index in [4.69, 9.17) is 0 Å². The molecule has 0 aliphatic heterocycles. The number of carbonyl (C=O) groups excluding carboxylic acids is 3. The van der Waals surface area contributed by atoms with Crippen LogP contribution < -0.4 is 16.1 Å². The Balaban J connectivity index is 1.99. The van der Waals surface area contributed by atoms with Crippen LogP contribution >= 0.6 is 0 Å². The topological polar surface area (TPSA) is 143 Å². The largest absolute Gasteiger partial charge is 0.325 e. The number of hydrogen-bond acceptors (Lipinski definition) is 6. The molecule has 2 rings (SSSR count). The molecule has 0 spiro atoms. The van der Waals surface area contributed by atoms with Crippen molar-refractivity contribution in [2.45, 2.75) is 27.2 Å². The number of hydrazone groups is 1. The molecule has 0 atom stereocenters. The number of carbonyl (C=O) groups is 3. The number of nitro benzene ring substituents is 1. The number of nitro groups is 1. The lowest BCUT2D eigenvalue weighted by atomic mass is 10.1. The van der Waals surface area contributed by atoms with Gasteiger partial charge in [0.05, 0.1) is 22.7 Å². The van der Waals surface area contributed by atoms with E-state index in [9.17, 15) is 24.5 Å². The van der Waals surface area contributed by atoms with Crippen LogP contribution in [-0.4, -0.2) is 28.4 Å². The molecular weight excluding hydrogens is 390 g/mol. The summed E-state index contributed by atoms with van der Waals surface area (Å²) in [5.41, 5.74) is 3.84. The molecule has 0 saturated heterocycles. The number of nitrogens with one attached hydrogen (secondary N) is 3. The van der Waals surface area contributed by atoms with Gasteiger partial charge < -0.3 is 10.6 Å². The second kappa shape index (κ2) is 9.92. The van der Waals surface area contributed by atoms with Crippen molar-refractivity contribution in [1.29, 1.82) is 0 Å². The first-order chi connectivity index (χ1) is 14.2. The van der Waals surface area contributed by atoms with Gasteiger partial charge in [0.15, 0.2) is 0 Å². The molecule has 2 aromatic rings. The molecule has 3 N–H and O–H groups in total. The van der Waals surface area contributed by atoms with Gasteiger partial charge in [-0.15, -0.1) is 0 Å². The number of anilines is 2. The zero-order valence-electron chi connectivity index (χ0n) is 16.7. The average molecular weight is 411 g/mol. The number of rotatable bonds is 7. The fourth-order valence-corrected chi connectivity index (χ4v) is 2.52. The van der Waals surface area contributed by atoms with Crippen LogP contribution in [0.1, 0.15) is 36.2 Å². The zero-order valence-corrected chi connectivity index (χ0v) is 16.7. The van der Waals surface area contributed by atoms with Crippen LogP contribution in [0.2, 0.25) is 0 Å². The lowest BCUT2D eigenvalue weighted by Gasteiger charge is -2.11. The normalized spacial score (nSPS) is 10.8. The molecule has 10 nitrogen and oxygen atoms in total. The minimum absolute atomic E-state index is 0.0811. The van der Waals surface area contributed by atoms with E-state index in [1.807, 2.05) is 0 Å². The molecule has 0 aliphatic rings. The predicted octanol–water partition coefficient (Wildman–Crippen LogP) is 3.00. The van der Waals surface area contributed by atoms with Crippen LogP contribution in [0, 0.1) is 17.0 Å². The monoisotopic (exact) mass is 411 g/mol. The molecule has 0 unspecified atom stereocenters. The maximum atomic E-state index is 12.2. The van der Waals surface area contributed by atoms with Crippen molar-refractivity contribution in [3.05, 3.63) is 63.7 Å². The molecule has 10 heteroatoms. The van der Waals surface area contributed by atoms with Crippen molar-refractivity contribution >= 4 is 40.5 Å². The lowest BCUT2D eigenvalue weighted by Crippen LogP contribution is -2.22. The van der Waals surface area contributed by atoms with Gasteiger partial charge in [-0.05, 0) is 32.0 Å². The Labute approximate surface area is 172 Å². The van der Waals surface area contributed by atoms with Gasteiger partial charge in [0, 0.05) is 29.8 Å². The van der Waals surface area contributed by atoms with Crippen molar-refractivity contribution < 1.29 is 19.3 Å². The maximum absolute atomic E-state index is 12.2.